The highest BCUT2D eigenvalue weighted by molar-refractivity contribution is 4.76. The Balaban J connectivity index is 1.84. The molecule has 4 nitrogen and oxygen atoms in total. The van der Waals surface area contributed by atoms with Crippen molar-refractivity contribution in [2.24, 2.45) is 11.3 Å². The van der Waals surface area contributed by atoms with Crippen LogP contribution in [0, 0.1) is 11.3 Å². The van der Waals surface area contributed by atoms with Crippen LogP contribution in [-0.4, -0.2) is 39.5 Å². The van der Waals surface area contributed by atoms with Gasteiger partial charge in [0.25, 0.3) is 0 Å². The second-order valence-electron chi connectivity index (χ2n) is 5.48. The van der Waals surface area contributed by atoms with Crippen LogP contribution in [0.25, 0.3) is 0 Å². The van der Waals surface area contributed by atoms with E-state index in [1.54, 1.807) is 7.11 Å². The van der Waals surface area contributed by atoms with Gasteiger partial charge in [0, 0.05) is 24.9 Å². The molecule has 2 unspecified atom stereocenters. The van der Waals surface area contributed by atoms with Crippen molar-refractivity contribution < 1.29 is 18.9 Å². The second kappa shape index (κ2) is 5.00. The minimum Gasteiger partial charge on any atom is -0.356 e. The Morgan fingerprint density at radius 3 is 2.44 bits per heavy atom. The first-order chi connectivity index (χ1) is 7.61. The lowest BCUT2D eigenvalue weighted by Gasteiger charge is -2.40. The smallest absolute Gasteiger partial charge is 0.160 e. The van der Waals surface area contributed by atoms with E-state index in [0.29, 0.717) is 5.92 Å². The highest BCUT2D eigenvalue weighted by atomic mass is 16.7. The zero-order valence-electron chi connectivity index (χ0n) is 10.4. The van der Waals surface area contributed by atoms with E-state index >= 15 is 0 Å². The van der Waals surface area contributed by atoms with Crippen molar-refractivity contribution in [1.29, 1.82) is 0 Å². The van der Waals surface area contributed by atoms with Gasteiger partial charge >= 0.3 is 0 Å². The number of hydrogen-bond donors (Lipinski definition) is 0. The summed E-state index contributed by atoms with van der Waals surface area (Å²) in [6.45, 7) is 6.59. The lowest BCUT2D eigenvalue weighted by atomic mass is 9.93. The number of methoxy groups -OCH3 is 1. The van der Waals surface area contributed by atoms with Crippen LogP contribution in [0.15, 0.2) is 0 Å². The van der Waals surface area contributed by atoms with E-state index in [4.69, 9.17) is 18.9 Å². The average molecular weight is 230 g/mol. The monoisotopic (exact) mass is 230 g/mol. The molecule has 2 aliphatic rings. The van der Waals surface area contributed by atoms with E-state index < -0.39 is 0 Å². The molecule has 0 N–H and O–H groups in total. The first-order valence-corrected chi connectivity index (χ1v) is 5.98. The predicted octanol–water partition coefficient (Wildman–Crippen LogP) is 1.78. The molecule has 2 atom stereocenters. The molecule has 2 aliphatic heterocycles. The molecule has 2 fully saturated rings. The standard InChI is InChI=1S/C12H22O4/c1-12(2)7-15-11(16-8-12)9-4-5-14-10(6-9)13-3/h9-11H,4-8H2,1-3H3. The Bertz CT molecular complexity index is 219. The Morgan fingerprint density at radius 2 is 1.81 bits per heavy atom. The fourth-order valence-electron chi connectivity index (χ4n) is 2.17. The molecule has 0 aliphatic carbocycles. The van der Waals surface area contributed by atoms with Crippen LogP contribution in [0.2, 0.25) is 0 Å². The van der Waals surface area contributed by atoms with Gasteiger partial charge in [-0.1, -0.05) is 13.8 Å². The molecule has 2 rings (SSSR count). The van der Waals surface area contributed by atoms with Gasteiger partial charge in [-0.15, -0.1) is 0 Å². The zero-order chi connectivity index (χ0) is 11.6. The lowest BCUT2D eigenvalue weighted by molar-refractivity contribution is -0.266. The molecule has 0 spiro atoms. The maximum absolute atomic E-state index is 5.79. The molecule has 4 heteroatoms. The molecule has 0 aromatic carbocycles. The van der Waals surface area contributed by atoms with Gasteiger partial charge in [-0.3, -0.25) is 0 Å². The first kappa shape index (κ1) is 12.3. The molecule has 2 heterocycles. The third kappa shape index (κ3) is 2.94. The normalized spacial score (nSPS) is 36.2. The van der Waals surface area contributed by atoms with Crippen LogP contribution < -0.4 is 0 Å². The van der Waals surface area contributed by atoms with Crippen molar-refractivity contribution in [3.8, 4) is 0 Å². The van der Waals surface area contributed by atoms with E-state index in [0.717, 1.165) is 32.7 Å². The van der Waals surface area contributed by atoms with E-state index in [-0.39, 0.29) is 18.0 Å². The molecule has 0 amide bonds. The summed E-state index contributed by atoms with van der Waals surface area (Å²) in [5.74, 6) is 0.398. The summed E-state index contributed by atoms with van der Waals surface area (Å²) >= 11 is 0. The minimum absolute atomic E-state index is 0.0745. The highest BCUT2D eigenvalue weighted by Gasteiger charge is 2.36. The SMILES string of the molecule is COC1CC(C2OCC(C)(C)CO2)CCO1. The summed E-state index contributed by atoms with van der Waals surface area (Å²) in [6.07, 6.45) is 1.68. The van der Waals surface area contributed by atoms with E-state index in [1.165, 1.54) is 0 Å². The quantitative estimate of drug-likeness (QED) is 0.724. The molecule has 0 aromatic rings. The van der Waals surface area contributed by atoms with Gasteiger partial charge in [0.05, 0.1) is 19.8 Å². The maximum atomic E-state index is 5.79. The summed E-state index contributed by atoms with van der Waals surface area (Å²) in [5, 5.41) is 0. The Labute approximate surface area is 97.2 Å². The molecule has 0 saturated carbocycles. The molecule has 94 valence electrons. The topological polar surface area (TPSA) is 36.9 Å². The van der Waals surface area contributed by atoms with E-state index in [2.05, 4.69) is 13.8 Å². The van der Waals surface area contributed by atoms with Gasteiger partial charge in [0.1, 0.15) is 0 Å². The van der Waals surface area contributed by atoms with Crippen LogP contribution in [0.3, 0.4) is 0 Å². The number of rotatable bonds is 2. The predicted molar refractivity (Wildman–Crippen MR) is 58.9 cm³/mol. The first-order valence-electron chi connectivity index (χ1n) is 5.98. The van der Waals surface area contributed by atoms with Crippen LogP contribution in [0.4, 0.5) is 0 Å². The van der Waals surface area contributed by atoms with Crippen LogP contribution in [-0.2, 0) is 18.9 Å². The van der Waals surface area contributed by atoms with Crippen molar-refractivity contribution in [2.75, 3.05) is 26.9 Å². The Kier molecular flexibility index (Phi) is 3.85. The molecule has 0 bridgehead atoms. The summed E-state index contributed by atoms with van der Waals surface area (Å²) in [5.41, 5.74) is 0.141. The largest absolute Gasteiger partial charge is 0.356 e. The van der Waals surface area contributed by atoms with E-state index in [9.17, 15) is 0 Å². The third-order valence-corrected chi connectivity index (χ3v) is 3.21. The van der Waals surface area contributed by atoms with Gasteiger partial charge in [-0.05, 0) is 6.42 Å². The summed E-state index contributed by atoms with van der Waals surface area (Å²) < 4.78 is 22.3. The second-order valence-corrected chi connectivity index (χ2v) is 5.48. The van der Waals surface area contributed by atoms with Gasteiger partial charge in [0.15, 0.2) is 12.6 Å². The van der Waals surface area contributed by atoms with Crippen LogP contribution in [0.5, 0.6) is 0 Å². The van der Waals surface area contributed by atoms with Crippen LogP contribution >= 0.6 is 0 Å². The van der Waals surface area contributed by atoms with Gasteiger partial charge in [-0.25, -0.2) is 0 Å². The summed E-state index contributed by atoms with van der Waals surface area (Å²) in [6, 6.07) is 0. The highest BCUT2D eigenvalue weighted by Crippen LogP contribution is 2.31. The fourth-order valence-corrected chi connectivity index (χ4v) is 2.17. The molecular weight excluding hydrogens is 208 g/mol. The molecule has 16 heavy (non-hydrogen) atoms. The zero-order valence-corrected chi connectivity index (χ0v) is 10.4. The maximum Gasteiger partial charge on any atom is 0.160 e. The summed E-state index contributed by atoms with van der Waals surface area (Å²) in [4.78, 5) is 0. The molecule has 0 radical (unpaired) electrons. The average Bonchev–Trinajstić information content (AvgIpc) is 2.29. The third-order valence-electron chi connectivity index (χ3n) is 3.21. The van der Waals surface area contributed by atoms with Crippen molar-refractivity contribution >= 4 is 0 Å². The Morgan fingerprint density at radius 1 is 1.12 bits per heavy atom. The van der Waals surface area contributed by atoms with Crippen molar-refractivity contribution in [3.05, 3.63) is 0 Å². The van der Waals surface area contributed by atoms with Crippen molar-refractivity contribution in [2.45, 2.75) is 39.3 Å². The molecule has 2 saturated heterocycles. The minimum atomic E-state index is -0.0964. The lowest BCUT2D eigenvalue weighted by Crippen LogP contribution is -2.44. The Hall–Kier alpha value is -0.160. The van der Waals surface area contributed by atoms with Crippen molar-refractivity contribution in [1.82, 2.24) is 0 Å². The van der Waals surface area contributed by atoms with Crippen molar-refractivity contribution in [3.63, 3.8) is 0 Å². The fraction of sp³-hybridized carbons (Fsp3) is 1.00. The molecular formula is C12H22O4. The van der Waals surface area contributed by atoms with Gasteiger partial charge in [-0.2, -0.15) is 0 Å². The van der Waals surface area contributed by atoms with E-state index in [1.807, 2.05) is 0 Å². The van der Waals surface area contributed by atoms with Gasteiger partial charge < -0.3 is 18.9 Å². The number of hydrogen-bond acceptors (Lipinski definition) is 4. The molecule has 0 aromatic heterocycles. The van der Waals surface area contributed by atoms with Crippen LogP contribution in [0.1, 0.15) is 26.7 Å². The number of ether oxygens (including phenoxy) is 4. The van der Waals surface area contributed by atoms with Gasteiger partial charge in [0.2, 0.25) is 0 Å². The summed E-state index contributed by atoms with van der Waals surface area (Å²) in [7, 11) is 1.68.